The number of thiazole rings is 1. The van der Waals surface area contributed by atoms with Crippen molar-refractivity contribution in [1.29, 1.82) is 0 Å². The van der Waals surface area contributed by atoms with E-state index in [0.717, 1.165) is 37.2 Å². The number of halogens is 1. The van der Waals surface area contributed by atoms with E-state index in [1.165, 1.54) is 11.3 Å². The molecular formula is C25H24ClN7OS. The second-order valence-corrected chi connectivity index (χ2v) is 9.46. The van der Waals surface area contributed by atoms with E-state index in [1.54, 1.807) is 23.5 Å². The lowest BCUT2D eigenvalue weighted by molar-refractivity contribution is 0.0999. The van der Waals surface area contributed by atoms with E-state index in [-0.39, 0.29) is 5.88 Å². The molecule has 35 heavy (non-hydrogen) atoms. The van der Waals surface area contributed by atoms with Gasteiger partial charge in [0.15, 0.2) is 0 Å². The molecule has 0 aliphatic carbocycles. The van der Waals surface area contributed by atoms with Crippen LogP contribution in [-0.4, -0.2) is 38.9 Å². The predicted molar refractivity (Wildman–Crippen MR) is 139 cm³/mol. The molecule has 2 aromatic carbocycles. The van der Waals surface area contributed by atoms with E-state index in [1.807, 2.05) is 24.3 Å². The van der Waals surface area contributed by atoms with E-state index >= 15 is 0 Å². The topological polar surface area (TPSA) is 110 Å². The summed E-state index contributed by atoms with van der Waals surface area (Å²) in [7, 11) is 0. The van der Waals surface area contributed by atoms with Crippen molar-refractivity contribution < 1.29 is 4.79 Å². The number of hydrogen-bond acceptors (Lipinski definition) is 8. The van der Waals surface area contributed by atoms with Crippen LogP contribution in [0.15, 0.2) is 60.2 Å². The van der Waals surface area contributed by atoms with Gasteiger partial charge in [0.2, 0.25) is 17.8 Å². The van der Waals surface area contributed by atoms with Crippen molar-refractivity contribution in [3.63, 3.8) is 0 Å². The molecule has 10 heteroatoms. The maximum Gasteiger partial charge on any atom is 0.249 e. The molecule has 3 heterocycles. The summed E-state index contributed by atoms with van der Waals surface area (Å²) in [5.41, 5.74) is 9.38. The van der Waals surface area contributed by atoms with Crippen LogP contribution in [0.4, 0.5) is 17.6 Å². The molecule has 4 aromatic rings. The van der Waals surface area contributed by atoms with Gasteiger partial charge in [0.1, 0.15) is 6.33 Å². The van der Waals surface area contributed by atoms with Gasteiger partial charge in [-0.2, -0.15) is 4.98 Å². The van der Waals surface area contributed by atoms with Crippen LogP contribution in [0, 0.1) is 0 Å². The number of anilines is 3. The van der Waals surface area contributed by atoms with Crippen molar-refractivity contribution in [2.24, 2.45) is 5.73 Å². The van der Waals surface area contributed by atoms with Gasteiger partial charge in [-0.15, -0.1) is 22.9 Å². The smallest absolute Gasteiger partial charge is 0.249 e. The summed E-state index contributed by atoms with van der Waals surface area (Å²) in [6, 6.07) is 15.5. The van der Waals surface area contributed by atoms with E-state index in [2.05, 4.69) is 42.7 Å². The third-order valence-electron chi connectivity index (χ3n) is 6.05. The lowest BCUT2D eigenvalue weighted by Gasteiger charge is -2.31. The number of carbonyl (C=O) groups is 1. The highest BCUT2D eigenvalue weighted by molar-refractivity contribution is 7.10. The zero-order chi connectivity index (χ0) is 24.2. The summed E-state index contributed by atoms with van der Waals surface area (Å²) in [5.74, 6) is 1.13. The maximum atomic E-state index is 11.7. The van der Waals surface area contributed by atoms with Crippen molar-refractivity contribution in [1.82, 2.24) is 19.9 Å². The number of benzene rings is 2. The number of aromatic nitrogens is 4. The average molecular weight is 506 g/mol. The number of primary amides is 1. The fraction of sp³-hybridized carbons (Fsp3) is 0.240. The highest BCUT2D eigenvalue weighted by atomic mass is 35.5. The van der Waals surface area contributed by atoms with Crippen molar-refractivity contribution in [2.75, 3.05) is 23.3 Å². The van der Waals surface area contributed by atoms with Crippen molar-refractivity contribution in [3.05, 3.63) is 76.4 Å². The number of rotatable bonds is 7. The number of nitrogens with one attached hydrogen (secondary N) is 1. The molecule has 0 bridgehead atoms. The number of nitrogens with two attached hydrogens (primary N) is 1. The average Bonchev–Trinajstić information content (AvgIpc) is 3.40. The Labute approximate surface area is 212 Å². The lowest BCUT2D eigenvalue weighted by Crippen LogP contribution is -2.34. The summed E-state index contributed by atoms with van der Waals surface area (Å²) in [6.45, 7) is 1.68. The largest absolute Gasteiger partial charge is 0.366 e. The first-order valence-electron chi connectivity index (χ1n) is 11.3. The molecule has 3 N–H and O–H groups in total. The number of amides is 1. The van der Waals surface area contributed by atoms with E-state index < -0.39 is 5.91 Å². The first-order chi connectivity index (χ1) is 17.1. The number of carbonyl (C=O) groups excluding carboxylic acids is 1. The second kappa shape index (κ2) is 10.4. The lowest BCUT2D eigenvalue weighted by atomic mass is 9.98. The Balaban J connectivity index is 1.24. The molecule has 1 aliphatic heterocycles. The zero-order valence-corrected chi connectivity index (χ0v) is 20.5. The molecule has 1 fully saturated rings. The van der Waals surface area contributed by atoms with Gasteiger partial charge in [0.05, 0.1) is 10.7 Å². The minimum Gasteiger partial charge on any atom is -0.366 e. The van der Waals surface area contributed by atoms with E-state index in [9.17, 15) is 4.79 Å². The highest BCUT2D eigenvalue weighted by Crippen LogP contribution is 2.33. The molecule has 5 rings (SSSR count). The first kappa shape index (κ1) is 23.2. The van der Waals surface area contributed by atoms with Gasteiger partial charge < -0.3 is 16.0 Å². The van der Waals surface area contributed by atoms with Gasteiger partial charge in [-0.05, 0) is 30.5 Å². The molecule has 8 nitrogen and oxygen atoms in total. The molecule has 178 valence electrons. The van der Waals surface area contributed by atoms with E-state index in [4.69, 9.17) is 22.3 Å². The van der Waals surface area contributed by atoms with Gasteiger partial charge >= 0.3 is 0 Å². The molecule has 2 aromatic heterocycles. The summed E-state index contributed by atoms with van der Waals surface area (Å²) < 4.78 is 0. The Morgan fingerprint density at radius 3 is 2.66 bits per heavy atom. The maximum absolute atomic E-state index is 11.7. The summed E-state index contributed by atoms with van der Waals surface area (Å²) in [6.07, 6.45) is 3.46. The molecule has 1 saturated heterocycles. The van der Waals surface area contributed by atoms with Crippen LogP contribution in [0.1, 0.15) is 39.7 Å². The second-order valence-electron chi connectivity index (χ2n) is 8.30. The van der Waals surface area contributed by atoms with Gasteiger partial charge in [-0.1, -0.05) is 36.4 Å². The quantitative estimate of drug-likeness (QED) is 0.341. The van der Waals surface area contributed by atoms with Crippen molar-refractivity contribution in [3.8, 4) is 11.3 Å². The van der Waals surface area contributed by atoms with Crippen LogP contribution in [0.25, 0.3) is 11.3 Å². The number of alkyl halides is 1. The van der Waals surface area contributed by atoms with Crippen LogP contribution in [0.3, 0.4) is 0 Å². The summed E-state index contributed by atoms with van der Waals surface area (Å²) in [4.78, 5) is 32.0. The number of nitrogens with zero attached hydrogens (tertiary/aromatic N) is 5. The molecule has 1 aliphatic rings. The molecule has 0 spiro atoms. The standard InChI is InChI=1S/C25H24ClN7OS/c26-13-18-6-7-19(12-20(18)22(27)34)30-24-28-15-29-25(32-24)33-10-8-17(9-11-33)23-31-21(14-35-23)16-4-2-1-3-5-16/h1-7,12,14-15,17H,8-11,13H2,(H2,27,34)(H,28,29,30,32). The first-order valence-corrected chi connectivity index (χ1v) is 12.7. The van der Waals surface area contributed by atoms with Gasteiger partial charge in [-0.25, -0.2) is 15.0 Å². The Kier molecular flexibility index (Phi) is 6.87. The Morgan fingerprint density at radius 2 is 1.91 bits per heavy atom. The third kappa shape index (κ3) is 5.26. The van der Waals surface area contributed by atoms with Crippen LogP contribution in [0.2, 0.25) is 0 Å². The van der Waals surface area contributed by atoms with Gasteiger partial charge in [0, 0.05) is 47.1 Å². The SMILES string of the molecule is NC(=O)c1cc(Nc2ncnc(N3CCC(c4nc(-c5ccccc5)cs4)CC3)n2)ccc1CCl. The predicted octanol–water partition coefficient (Wildman–Crippen LogP) is 4.96. The fourth-order valence-electron chi connectivity index (χ4n) is 4.17. The Morgan fingerprint density at radius 1 is 1.11 bits per heavy atom. The summed E-state index contributed by atoms with van der Waals surface area (Å²) in [5, 5.41) is 6.47. The monoisotopic (exact) mass is 505 g/mol. The van der Waals surface area contributed by atoms with Crippen molar-refractivity contribution in [2.45, 2.75) is 24.6 Å². The summed E-state index contributed by atoms with van der Waals surface area (Å²) >= 11 is 7.64. The van der Waals surface area contributed by atoms with Crippen LogP contribution in [0.5, 0.6) is 0 Å². The zero-order valence-electron chi connectivity index (χ0n) is 18.9. The number of hydrogen-bond donors (Lipinski definition) is 2. The minimum absolute atomic E-state index is 0.207. The molecular weight excluding hydrogens is 482 g/mol. The molecule has 0 radical (unpaired) electrons. The van der Waals surface area contributed by atoms with Crippen LogP contribution >= 0.6 is 22.9 Å². The fourth-order valence-corrected chi connectivity index (χ4v) is 5.41. The Hall–Kier alpha value is -3.56. The normalized spacial score (nSPS) is 14.1. The minimum atomic E-state index is -0.528. The van der Waals surface area contributed by atoms with Gasteiger partial charge in [0.25, 0.3) is 0 Å². The molecule has 0 unspecified atom stereocenters. The molecule has 0 saturated carbocycles. The Bertz CT molecular complexity index is 1320. The number of piperidine rings is 1. The van der Waals surface area contributed by atoms with Crippen LogP contribution in [-0.2, 0) is 5.88 Å². The van der Waals surface area contributed by atoms with Crippen LogP contribution < -0.4 is 16.0 Å². The highest BCUT2D eigenvalue weighted by Gasteiger charge is 2.25. The van der Waals surface area contributed by atoms with Crippen molar-refractivity contribution >= 4 is 46.4 Å². The third-order valence-corrected chi connectivity index (χ3v) is 7.35. The van der Waals surface area contributed by atoms with Gasteiger partial charge in [-0.3, -0.25) is 4.79 Å². The molecule has 1 amide bonds. The molecule has 0 atom stereocenters. The van der Waals surface area contributed by atoms with E-state index in [0.29, 0.717) is 34.6 Å².